The molecule has 3 N–H and O–H groups in total. The highest BCUT2D eigenvalue weighted by Gasteiger charge is 2.27. The Bertz CT molecular complexity index is 1110. The fraction of sp³-hybridized carbons (Fsp3) is 0.519. The van der Waals surface area contributed by atoms with Gasteiger partial charge in [0.1, 0.15) is 6.07 Å². The highest BCUT2D eigenvalue weighted by molar-refractivity contribution is 6.03. The molecule has 1 aliphatic heterocycles. The second-order valence-corrected chi connectivity index (χ2v) is 10.7. The smallest absolute Gasteiger partial charge is 0.291 e. The Kier molecular flexibility index (Phi) is 6.92. The molecule has 3 atom stereocenters. The van der Waals surface area contributed by atoms with E-state index in [0.717, 1.165) is 43.6 Å². The van der Waals surface area contributed by atoms with Crippen LogP contribution in [0.4, 0.5) is 5.69 Å². The van der Waals surface area contributed by atoms with E-state index < -0.39 is 0 Å². The minimum atomic E-state index is -0.343. The number of hydrogen-bond donors (Lipinski definition) is 3. The summed E-state index contributed by atoms with van der Waals surface area (Å²) in [6.45, 7) is 13.4. The SMILES string of the molecule is CC(c1ccc(NC(=O)c2nc(C#N)c[nH]2)c(C2=CCC(C)(C)CC2)c1)N1C[C@@H](C)N[C@@H](C)C1. The summed E-state index contributed by atoms with van der Waals surface area (Å²) >= 11 is 0. The Morgan fingerprint density at radius 2 is 2.03 bits per heavy atom. The molecule has 1 aliphatic carbocycles. The van der Waals surface area contributed by atoms with E-state index in [1.54, 1.807) is 0 Å². The first kappa shape index (κ1) is 24.2. The van der Waals surface area contributed by atoms with E-state index in [0.29, 0.717) is 17.5 Å². The fourth-order valence-corrected chi connectivity index (χ4v) is 5.09. The molecule has 1 amide bonds. The van der Waals surface area contributed by atoms with Gasteiger partial charge in [-0.3, -0.25) is 9.69 Å². The third-order valence-corrected chi connectivity index (χ3v) is 7.13. The third kappa shape index (κ3) is 5.40. The maximum Gasteiger partial charge on any atom is 0.291 e. The molecule has 1 aromatic carbocycles. The van der Waals surface area contributed by atoms with Crippen LogP contribution >= 0.6 is 0 Å². The summed E-state index contributed by atoms with van der Waals surface area (Å²) in [6.07, 6.45) is 6.89. The van der Waals surface area contributed by atoms with Gasteiger partial charge in [-0.2, -0.15) is 5.26 Å². The van der Waals surface area contributed by atoms with Crippen molar-refractivity contribution < 1.29 is 4.79 Å². The number of allylic oxidation sites excluding steroid dienone is 2. The van der Waals surface area contributed by atoms with E-state index in [4.69, 9.17) is 5.26 Å². The summed E-state index contributed by atoms with van der Waals surface area (Å²) in [5.74, 6) is -0.201. The highest BCUT2D eigenvalue weighted by atomic mass is 16.2. The molecular weight excluding hydrogens is 424 g/mol. The first-order valence-electron chi connectivity index (χ1n) is 12.3. The quantitative estimate of drug-likeness (QED) is 0.591. The maximum absolute atomic E-state index is 12.9. The molecule has 1 aromatic heterocycles. The van der Waals surface area contributed by atoms with E-state index >= 15 is 0 Å². The lowest BCUT2D eigenvalue weighted by Gasteiger charge is -2.40. The monoisotopic (exact) mass is 460 g/mol. The number of nitrogens with zero attached hydrogens (tertiary/aromatic N) is 3. The van der Waals surface area contributed by atoms with Crippen molar-refractivity contribution in [3.8, 4) is 6.07 Å². The Balaban J connectivity index is 1.65. The predicted octanol–water partition coefficient (Wildman–Crippen LogP) is 4.87. The predicted molar refractivity (Wildman–Crippen MR) is 135 cm³/mol. The zero-order valence-electron chi connectivity index (χ0n) is 20.9. The molecule has 0 spiro atoms. The first-order chi connectivity index (χ1) is 16.1. The maximum atomic E-state index is 12.9. The van der Waals surface area contributed by atoms with Crippen LogP contribution < -0.4 is 10.6 Å². The molecule has 34 heavy (non-hydrogen) atoms. The molecule has 4 rings (SSSR count). The number of amides is 1. The molecule has 180 valence electrons. The molecule has 0 radical (unpaired) electrons. The number of anilines is 1. The molecule has 1 fully saturated rings. The summed E-state index contributed by atoms with van der Waals surface area (Å²) < 4.78 is 0. The van der Waals surface area contributed by atoms with E-state index in [1.165, 1.54) is 17.3 Å². The number of hydrogen-bond acceptors (Lipinski definition) is 5. The average Bonchev–Trinajstić information content (AvgIpc) is 3.28. The summed E-state index contributed by atoms with van der Waals surface area (Å²) in [5, 5.41) is 15.7. The molecule has 1 saturated heterocycles. The molecular formula is C27H36N6O. The number of aromatic amines is 1. The number of imidazole rings is 1. The van der Waals surface area contributed by atoms with Gasteiger partial charge in [0.25, 0.3) is 5.91 Å². The molecule has 2 heterocycles. The van der Waals surface area contributed by atoms with Crippen LogP contribution in [0.5, 0.6) is 0 Å². The van der Waals surface area contributed by atoms with Crippen molar-refractivity contribution in [3.05, 3.63) is 53.1 Å². The van der Waals surface area contributed by atoms with Crippen LogP contribution in [0.15, 0.2) is 30.5 Å². The van der Waals surface area contributed by atoms with Crippen molar-refractivity contribution in [2.75, 3.05) is 18.4 Å². The number of aromatic nitrogens is 2. The van der Waals surface area contributed by atoms with Crippen LogP contribution in [0, 0.1) is 16.7 Å². The number of nitrogens with one attached hydrogen (secondary N) is 3. The number of carbonyl (C=O) groups is 1. The number of benzene rings is 1. The Labute approximate surface area is 202 Å². The summed E-state index contributed by atoms with van der Waals surface area (Å²) in [6, 6.07) is 9.54. The molecule has 7 heteroatoms. The molecule has 0 bridgehead atoms. The average molecular weight is 461 g/mol. The Morgan fingerprint density at radius 3 is 2.65 bits per heavy atom. The van der Waals surface area contributed by atoms with Crippen molar-refractivity contribution in [2.45, 2.75) is 72.0 Å². The lowest BCUT2D eigenvalue weighted by molar-refractivity contribution is 0.101. The number of piperazine rings is 1. The summed E-state index contributed by atoms with van der Waals surface area (Å²) in [5.41, 5.74) is 4.89. The van der Waals surface area contributed by atoms with Crippen LogP contribution in [-0.2, 0) is 0 Å². The van der Waals surface area contributed by atoms with Crippen molar-refractivity contribution in [1.82, 2.24) is 20.2 Å². The van der Waals surface area contributed by atoms with Gasteiger partial charge in [0.05, 0.1) is 0 Å². The van der Waals surface area contributed by atoms with Gasteiger partial charge in [-0.25, -0.2) is 4.98 Å². The second-order valence-electron chi connectivity index (χ2n) is 10.7. The normalized spacial score (nSPS) is 23.6. The van der Waals surface area contributed by atoms with Gasteiger partial charge >= 0.3 is 0 Å². The fourth-order valence-electron chi connectivity index (χ4n) is 5.09. The Hall–Kier alpha value is -2.95. The van der Waals surface area contributed by atoms with Crippen molar-refractivity contribution in [1.29, 1.82) is 5.26 Å². The van der Waals surface area contributed by atoms with Crippen LogP contribution in [-0.4, -0.2) is 45.9 Å². The summed E-state index contributed by atoms with van der Waals surface area (Å²) in [4.78, 5) is 22.3. The van der Waals surface area contributed by atoms with Crippen molar-refractivity contribution >= 4 is 17.2 Å². The van der Waals surface area contributed by atoms with Crippen LogP contribution in [0.2, 0.25) is 0 Å². The third-order valence-electron chi connectivity index (χ3n) is 7.13. The molecule has 2 aromatic rings. The molecule has 2 aliphatic rings. The lowest BCUT2D eigenvalue weighted by atomic mass is 9.76. The van der Waals surface area contributed by atoms with Gasteiger partial charge in [-0.15, -0.1) is 0 Å². The minimum Gasteiger partial charge on any atom is -0.339 e. The standard InChI is InChI=1S/C27H36N6O/c1-17-15-33(16-18(2)30-17)19(3)21-6-7-24(32-26(34)25-29-14-22(13-28)31-25)23(12-21)20-8-10-27(4,5)11-9-20/h6-8,12,14,17-19,30H,9-11,15-16H2,1-5H3,(H,29,31)(H,32,34)/t17-,18+,19?. The summed E-state index contributed by atoms with van der Waals surface area (Å²) in [7, 11) is 0. The number of H-pyrrole nitrogens is 1. The van der Waals surface area contributed by atoms with Gasteiger partial charge < -0.3 is 15.6 Å². The number of nitriles is 1. The molecule has 0 saturated carbocycles. The van der Waals surface area contributed by atoms with Gasteiger partial charge in [0.2, 0.25) is 0 Å². The second kappa shape index (κ2) is 9.73. The van der Waals surface area contributed by atoms with Crippen molar-refractivity contribution in [3.63, 3.8) is 0 Å². The van der Waals surface area contributed by atoms with Crippen LogP contribution in [0.1, 0.15) is 87.4 Å². The van der Waals surface area contributed by atoms with Crippen molar-refractivity contribution in [2.24, 2.45) is 5.41 Å². The number of rotatable bonds is 5. The van der Waals surface area contributed by atoms with Crippen LogP contribution in [0.25, 0.3) is 5.57 Å². The molecule has 1 unspecified atom stereocenters. The van der Waals surface area contributed by atoms with E-state index in [1.807, 2.05) is 12.1 Å². The number of carbonyl (C=O) groups excluding carboxylic acids is 1. The van der Waals surface area contributed by atoms with E-state index in [2.05, 4.69) is 78.3 Å². The van der Waals surface area contributed by atoms with Gasteiger partial charge in [0, 0.05) is 48.7 Å². The lowest BCUT2D eigenvalue weighted by Crippen LogP contribution is -2.54. The molecule has 7 nitrogen and oxygen atoms in total. The topological polar surface area (TPSA) is 96.8 Å². The highest BCUT2D eigenvalue weighted by Crippen LogP contribution is 2.41. The van der Waals surface area contributed by atoms with Gasteiger partial charge in [-0.1, -0.05) is 26.0 Å². The van der Waals surface area contributed by atoms with Crippen LogP contribution in [0.3, 0.4) is 0 Å². The van der Waals surface area contributed by atoms with Gasteiger partial charge in [0.15, 0.2) is 11.5 Å². The Morgan fingerprint density at radius 1 is 1.29 bits per heavy atom. The largest absolute Gasteiger partial charge is 0.339 e. The minimum absolute atomic E-state index is 0.141. The van der Waals surface area contributed by atoms with E-state index in [-0.39, 0.29) is 23.5 Å². The zero-order valence-corrected chi connectivity index (χ0v) is 20.9. The zero-order chi connectivity index (χ0) is 24.5. The van der Waals surface area contributed by atoms with E-state index in [9.17, 15) is 4.79 Å². The van der Waals surface area contributed by atoms with Gasteiger partial charge in [-0.05, 0) is 68.7 Å². The first-order valence-corrected chi connectivity index (χ1v) is 12.3.